The van der Waals surface area contributed by atoms with Gasteiger partial charge in [0.2, 0.25) is 5.91 Å². The monoisotopic (exact) mass is 349 g/mol. The first-order valence-electron chi connectivity index (χ1n) is 7.37. The maximum absolute atomic E-state index is 12.5. The summed E-state index contributed by atoms with van der Waals surface area (Å²) in [6.07, 6.45) is 0.620. The van der Waals surface area contributed by atoms with E-state index in [0.29, 0.717) is 16.5 Å². The summed E-state index contributed by atoms with van der Waals surface area (Å²) in [5.41, 5.74) is 8.74. The molecule has 0 radical (unpaired) electrons. The lowest BCUT2D eigenvalue weighted by molar-refractivity contribution is -0.117. The summed E-state index contributed by atoms with van der Waals surface area (Å²) < 4.78 is 0. The molecule has 4 nitrogen and oxygen atoms in total. The van der Waals surface area contributed by atoms with Gasteiger partial charge in [0.15, 0.2) is 0 Å². The van der Waals surface area contributed by atoms with Crippen LogP contribution >= 0.6 is 23.2 Å². The van der Waals surface area contributed by atoms with E-state index in [1.165, 1.54) is 0 Å². The minimum absolute atomic E-state index is 0.0000849. The second-order valence-corrected chi connectivity index (χ2v) is 6.37. The van der Waals surface area contributed by atoms with Crippen molar-refractivity contribution >= 4 is 34.8 Å². The molecule has 1 aliphatic rings. The van der Waals surface area contributed by atoms with Crippen LogP contribution in [-0.4, -0.2) is 11.9 Å². The number of carbonyl (C=O) groups excluding carboxylic acids is 1. The predicted molar refractivity (Wildman–Crippen MR) is 93.7 cm³/mol. The highest BCUT2D eigenvalue weighted by Gasteiger charge is 2.31. The molecule has 3 rings (SSSR count). The van der Waals surface area contributed by atoms with Gasteiger partial charge in [-0.05, 0) is 42.7 Å². The molecule has 0 bridgehead atoms. The van der Waals surface area contributed by atoms with Crippen molar-refractivity contribution in [2.45, 2.75) is 25.4 Å². The Morgan fingerprint density at radius 2 is 1.83 bits per heavy atom. The highest BCUT2D eigenvalue weighted by molar-refractivity contribution is 6.32. The molecule has 2 aromatic carbocycles. The van der Waals surface area contributed by atoms with Crippen molar-refractivity contribution in [3.8, 4) is 0 Å². The molecule has 2 atom stereocenters. The molecule has 0 spiro atoms. The molecule has 0 saturated carbocycles. The Morgan fingerprint density at radius 3 is 2.61 bits per heavy atom. The number of halogens is 2. The number of anilines is 1. The summed E-state index contributed by atoms with van der Waals surface area (Å²) in [6.45, 7) is 1.88. The Hall–Kier alpha value is -1.59. The summed E-state index contributed by atoms with van der Waals surface area (Å²) in [4.78, 5) is 12.5. The average molecular weight is 350 g/mol. The van der Waals surface area contributed by atoms with Crippen LogP contribution in [0.4, 0.5) is 5.69 Å². The Kier molecular flexibility index (Phi) is 4.87. The third-order valence-corrected chi connectivity index (χ3v) is 4.78. The van der Waals surface area contributed by atoms with E-state index in [-0.39, 0.29) is 18.0 Å². The van der Waals surface area contributed by atoms with Gasteiger partial charge in [0.05, 0.1) is 0 Å². The number of carbonyl (C=O) groups is 1. The normalized spacial score (nSPS) is 20.5. The van der Waals surface area contributed by atoms with Crippen LogP contribution < -0.4 is 16.2 Å². The van der Waals surface area contributed by atoms with Crippen molar-refractivity contribution in [1.29, 1.82) is 0 Å². The Balaban J connectivity index is 1.68. The van der Waals surface area contributed by atoms with Gasteiger partial charge in [-0.1, -0.05) is 47.5 Å². The standard InChI is InChI=1S/C17H17Cl2N3O/c1-10-12(18)7-4-8-14(10)20-17(23)16-9-15(21-22-16)11-5-2-3-6-13(11)19/h2-8,15-16,21-22H,9H2,1H3,(H,20,23). The first-order chi connectivity index (χ1) is 11.1. The van der Waals surface area contributed by atoms with E-state index in [9.17, 15) is 4.79 Å². The van der Waals surface area contributed by atoms with Crippen LogP contribution in [0.5, 0.6) is 0 Å². The van der Waals surface area contributed by atoms with Crippen molar-refractivity contribution < 1.29 is 4.79 Å². The second-order valence-electron chi connectivity index (χ2n) is 5.55. The fourth-order valence-electron chi connectivity index (χ4n) is 2.65. The zero-order valence-corrected chi connectivity index (χ0v) is 14.1. The molecular weight excluding hydrogens is 333 g/mol. The molecule has 2 unspecified atom stereocenters. The Bertz CT molecular complexity index is 736. The van der Waals surface area contributed by atoms with Crippen LogP contribution in [0.3, 0.4) is 0 Å². The molecule has 23 heavy (non-hydrogen) atoms. The maximum atomic E-state index is 12.5. The van der Waals surface area contributed by atoms with Gasteiger partial charge in [-0.3, -0.25) is 4.79 Å². The van der Waals surface area contributed by atoms with Crippen LogP contribution in [-0.2, 0) is 4.79 Å². The largest absolute Gasteiger partial charge is 0.324 e. The third-order valence-electron chi connectivity index (χ3n) is 4.03. The SMILES string of the molecule is Cc1c(Cl)cccc1NC(=O)C1CC(c2ccccc2Cl)NN1. The summed E-state index contributed by atoms with van der Waals surface area (Å²) >= 11 is 12.3. The predicted octanol–water partition coefficient (Wildman–Crippen LogP) is 3.85. The molecule has 120 valence electrons. The van der Waals surface area contributed by atoms with Gasteiger partial charge in [0.25, 0.3) is 0 Å². The minimum atomic E-state index is -0.338. The van der Waals surface area contributed by atoms with Crippen molar-refractivity contribution in [2.24, 2.45) is 0 Å². The van der Waals surface area contributed by atoms with Crippen molar-refractivity contribution in [3.63, 3.8) is 0 Å². The number of benzene rings is 2. The van der Waals surface area contributed by atoms with E-state index in [4.69, 9.17) is 23.2 Å². The molecule has 3 N–H and O–H groups in total. The molecule has 6 heteroatoms. The highest BCUT2D eigenvalue weighted by Crippen LogP contribution is 2.29. The lowest BCUT2D eigenvalue weighted by atomic mass is 10.0. The average Bonchev–Trinajstić information content (AvgIpc) is 3.02. The van der Waals surface area contributed by atoms with Gasteiger partial charge in [-0.15, -0.1) is 0 Å². The fourth-order valence-corrected chi connectivity index (χ4v) is 3.09. The summed E-state index contributed by atoms with van der Waals surface area (Å²) in [7, 11) is 0. The molecule has 0 aliphatic carbocycles. The Morgan fingerprint density at radius 1 is 1.09 bits per heavy atom. The summed E-state index contributed by atoms with van der Waals surface area (Å²) in [6, 6.07) is 12.8. The van der Waals surface area contributed by atoms with Crippen molar-refractivity contribution in [3.05, 3.63) is 63.6 Å². The number of hydrazine groups is 1. The molecule has 1 aliphatic heterocycles. The molecule has 2 aromatic rings. The van der Waals surface area contributed by atoms with Crippen LogP contribution in [0.15, 0.2) is 42.5 Å². The molecule has 1 heterocycles. The molecule has 1 saturated heterocycles. The minimum Gasteiger partial charge on any atom is -0.324 e. The second kappa shape index (κ2) is 6.89. The van der Waals surface area contributed by atoms with Gasteiger partial charge in [0.1, 0.15) is 6.04 Å². The van der Waals surface area contributed by atoms with Crippen molar-refractivity contribution in [2.75, 3.05) is 5.32 Å². The van der Waals surface area contributed by atoms with E-state index in [1.807, 2.05) is 43.3 Å². The Labute approximate surface area is 145 Å². The number of hydrogen-bond donors (Lipinski definition) is 3. The zero-order valence-electron chi connectivity index (χ0n) is 12.6. The van der Waals surface area contributed by atoms with Gasteiger partial charge < -0.3 is 5.32 Å². The van der Waals surface area contributed by atoms with Crippen molar-refractivity contribution in [1.82, 2.24) is 10.9 Å². The fraction of sp³-hybridized carbons (Fsp3) is 0.235. The quantitative estimate of drug-likeness (QED) is 0.788. The van der Waals surface area contributed by atoms with E-state index in [2.05, 4.69) is 16.2 Å². The van der Waals surface area contributed by atoms with Crippen LogP contribution in [0.2, 0.25) is 10.0 Å². The topological polar surface area (TPSA) is 53.2 Å². The van der Waals surface area contributed by atoms with Gasteiger partial charge in [-0.25, -0.2) is 10.9 Å². The number of nitrogens with one attached hydrogen (secondary N) is 3. The van der Waals surface area contributed by atoms with E-state index < -0.39 is 0 Å². The first kappa shape index (κ1) is 16.3. The summed E-state index contributed by atoms with van der Waals surface area (Å²) in [5, 5.41) is 4.25. The molecule has 1 amide bonds. The van der Waals surface area contributed by atoms with Gasteiger partial charge in [0, 0.05) is 21.8 Å². The number of rotatable bonds is 3. The molecule has 0 aromatic heterocycles. The van der Waals surface area contributed by atoms with E-state index >= 15 is 0 Å². The molecule has 1 fully saturated rings. The van der Waals surface area contributed by atoms with E-state index in [0.717, 1.165) is 16.8 Å². The lowest BCUT2D eigenvalue weighted by Gasteiger charge is -2.13. The van der Waals surface area contributed by atoms with Crippen LogP contribution in [0.25, 0.3) is 0 Å². The van der Waals surface area contributed by atoms with E-state index in [1.54, 1.807) is 6.07 Å². The summed E-state index contributed by atoms with van der Waals surface area (Å²) in [5.74, 6) is -0.0996. The number of hydrogen-bond acceptors (Lipinski definition) is 3. The maximum Gasteiger partial charge on any atom is 0.242 e. The van der Waals surface area contributed by atoms with Crippen LogP contribution in [0.1, 0.15) is 23.6 Å². The van der Waals surface area contributed by atoms with Gasteiger partial charge in [-0.2, -0.15) is 0 Å². The third kappa shape index (κ3) is 3.51. The highest BCUT2D eigenvalue weighted by atomic mass is 35.5. The lowest BCUT2D eigenvalue weighted by Crippen LogP contribution is -2.39. The van der Waals surface area contributed by atoms with Gasteiger partial charge >= 0.3 is 0 Å². The molecular formula is C17H17Cl2N3O. The zero-order chi connectivity index (χ0) is 16.4. The number of amides is 1. The van der Waals surface area contributed by atoms with Crippen LogP contribution in [0, 0.1) is 6.92 Å². The smallest absolute Gasteiger partial charge is 0.242 e. The first-order valence-corrected chi connectivity index (χ1v) is 8.13.